The van der Waals surface area contributed by atoms with E-state index < -0.39 is 0 Å². The number of rotatable bonds is 7. The van der Waals surface area contributed by atoms with Gasteiger partial charge in [-0.3, -0.25) is 4.90 Å². The summed E-state index contributed by atoms with van der Waals surface area (Å²) < 4.78 is 5.74. The zero-order valence-corrected chi connectivity index (χ0v) is 12.4. The highest BCUT2D eigenvalue weighted by Gasteiger charge is 2.12. The van der Waals surface area contributed by atoms with Crippen molar-refractivity contribution in [3.8, 4) is 0 Å². The van der Waals surface area contributed by atoms with Crippen LogP contribution in [0.1, 0.15) is 41.0 Å². The summed E-state index contributed by atoms with van der Waals surface area (Å²) in [6, 6.07) is 0.604. The van der Waals surface area contributed by atoms with Crippen LogP contribution in [0.25, 0.3) is 0 Å². The van der Waals surface area contributed by atoms with Gasteiger partial charge in [0.25, 0.3) is 0 Å². The van der Waals surface area contributed by atoms with Gasteiger partial charge in [-0.2, -0.15) is 0 Å². The molecule has 0 aliphatic heterocycles. The first-order valence-corrected chi connectivity index (χ1v) is 6.93. The lowest BCUT2D eigenvalue weighted by Crippen LogP contribution is -2.36. The van der Waals surface area contributed by atoms with Gasteiger partial charge in [-0.15, -0.1) is 0 Å². The fourth-order valence-corrected chi connectivity index (χ4v) is 1.61. The van der Waals surface area contributed by atoms with Crippen LogP contribution in [0, 0.1) is 0 Å². The molecular formula is C12H26BrNO. The summed E-state index contributed by atoms with van der Waals surface area (Å²) in [7, 11) is 0. The third kappa shape index (κ3) is 9.34. The normalized spacial score (nSPS) is 12.8. The third-order valence-corrected chi connectivity index (χ3v) is 2.78. The van der Waals surface area contributed by atoms with Crippen molar-refractivity contribution in [2.75, 3.05) is 25.0 Å². The van der Waals surface area contributed by atoms with E-state index in [9.17, 15) is 0 Å². The average molecular weight is 280 g/mol. The Kier molecular flexibility index (Phi) is 7.84. The van der Waals surface area contributed by atoms with Crippen molar-refractivity contribution >= 4 is 15.9 Å². The molecule has 92 valence electrons. The lowest BCUT2D eigenvalue weighted by molar-refractivity contribution is -0.0161. The van der Waals surface area contributed by atoms with E-state index in [1.54, 1.807) is 0 Å². The highest BCUT2D eigenvalue weighted by molar-refractivity contribution is 9.09. The molecule has 0 spiro atoms. The van der Waals surface area contributed by atoms with E-state index in [-0.39, 0.29) is 5.60 Å². The van der Waals surface area contributed by atoms with Crippen LogP contribution < -0.4 is 0 Å². The molecule has 15 heavy (non-hydrogen) atoms. The number of hydrogen-bond donors (Lipinski definition) is 0. The Balaban J connectivity index is 3.76. The fourth-order valence-electron chi connectivity index (χ4n) is 1.36. The van der Waals surface area contributed by atoms with E-state index in [1.165, 1.54) is 6.42 Å². The summed E-state index contributed by atoms with van der Waals surface area (Å²) in [5.41, 5.74) is -0.0158. The molecule has 3 heteroatoms. The second kappa shape index (κ2) is 7.64. The van der Waals surface area contributed by atoms with Gasteiger partial charge in [0.1, 0.15) is 0 Å². The third-order valence-electron chi connectivity index (χ3n) is 2.22. The van der Waals surface area contributed by atoms with Crippen molar-refractivity contribution < 1.29 is 4.74 Å². The molecule has 0 aromatic rings. The van der Waals surface area contributed by atoms with Gasteiger partial charge in [0.2, 0.25) is 0 Å². The van der Waals surface area contributed by atoms with Crippen LogP contribution in [0.5, 0.6) is 0 Å². The molecular weight excluding hydrogens is 254 g/mol. The van der Waals surface area contributed by atoms with Gasteiger partial charge in [-0.25, -0.2) is 0 Å². The van der Waals surface area contributed by atoms with Crippen LogP contribution >= 0.6 is 15.9 Å². The summed E-state index contributed by atoms with van der Waals surface area (Å²) in [6.07, 6.45) is 1.20. The first-order chi connectivity index (χ1) is 6.87. The van der Waals surface area contributed by atoms with Crippen molar-refractivity contribution in [2.24, 2.45) is 0 Å². The van der Waals surface area contributed by atoms with Gasteiger partial charge in [0, 0.05) is 17.9 Å². The van der Waals surface area contributed by atoms with Crippen LogP contribution in [0.15, 0.2) is 0 Å². The molecule has 0 fully saturated rings. The fraction of sp³-hybridized carbons (Fsp3) is 1.00. The molecule has 0 aromatic heterocycles. The van der Waals surface area contributed by atoms with Crippen molar-refractivity contribution in [1.82, 2.24) is 4.90 Å². The zero-order valence-electron chi connectivity index (χ0n) is 10.8. The lowest BCUT2D eigenvalue weighted by atomic mass is 10.2. The van der Waals surface area contributed by atoms with E-state index >= 15 is 0 Å². The predicted octanol–water partition coefficient (Wildman–Crippen LogP) is 3.30. The molecule has 0 rings (SSSR count). The second-order valence-corrected chi connectivity index (χ2v) is 5.93. The number of ether oxygens (including phenoxy) is 1. The first-order valence-electron chi connectivity index (χ1n) is 5.81. The minimum atomic E-state index is -0.0158. The van der Waals surface area contributed by atoms with Crippen molar-refractivity contribution in [2.45, 2.75) is 52.7 Å². The number of halogens is 1. The topological polar surface area (TPSA) is 12.5 Å². The van der Waals surface area contributed by atoms with Crippen LogP contribution in [0.3, 0.4) is 0 Å². The van der Waals surface area contributed by atoms with Gasteiger partial charge >= 0.3 is 0 Å². The molecule has 0 aliphatic rings. The van der Waals surface area contributed by atoms with Gasteiger partial charge in [0.15, 0.2) is 0 Å². The summed E-state index contributed by atoms with van der Waals surface area (Å²) in [5.74, 6) is 0. The number of hydrogen-bond acceptors (Lipinski definition) is 2. The number of alkyl halides is 1. The van der Waals surface area contributed by atoms with Gasteiger partial charge in [-0.1, -0.05) is 15.9 Å². The van der Waals surface area contributed by atoms with Crippen LogP contribution in [0.4, 0.5) is 0 Å². The van der Waals surface area contributed by atoms with E-state index in [1.807, 2.05) is 0 Å². The molecule has 0 heterocycles. The molecule has 2 nitrogen and oxygen atoms in total. The monoisotopic (exact) mass is 279 g/mol. The quantitative estimate of drug-likeness (QED) is 0.663. The molecule has 0 radical (unpaired) electrons. The zero-order chi connectivity index (χ0) is 11.9. The molecule has 0 aliphatic carbocycles. The van der Waals surface area contributed by atoms with Gasteiger partial charge in [-0.05, 0) is 47.6 Å². The van der Waals surface area contributed by atoms with Crippen molar-refractivity contribution in [3.05, 3.63) is 0 Å². The lowest BCUT2D eigenvalue weighted by Gasteiger charge is -2.28. The summed E-state index contributed by atoms with van der Waals surface area (Å²) in [5, 5.41) is 1.08. The molecule has 0 atom stereocenters. The first kappa shape index (κ1) is 15.4. The van der Waals surface area contributed by atoms with Crippen LogP contribution in [-0.2, 0) is 4.74 Å². The predicted molar refractivity (Wildman–Crippen MR) is 70.8 cm³/mol. The highest BCUT2D eigenvalue weighted by Crippen LogP contribution is 2.07. The molecule has 0 aromatic carbocycles. The molecule has 0 N–H and O–H groups in total. The summed E-state index contributed by atoms with van der Waals surface area (Å²) >= 11 is 3.47. The Morgan fingerprint density at radius 1 is 1.20 bits per heavy atom. The average Bonchev–Trinajstić information content (AvgIpc) is 2.08. The van der Waals surface area contributed by atoms with E-state index in [4.69, 9.17) is 4.74 Å². The standard InChI is InChI=1S/C12H26BrNO/c1-11(2)14(8-6-7-13)9-10-15-12(3,4)5/h11H,6-10H2,1-5H3. The Morgan fingerprint density at radius 3 is 2.20 bits per heavy atom. The summed E-state index contributed by atoms with van der Waals surface area (Å²) in [4.78, 5) is 2.47. The summed E-state index contributed by atoms with van der Waals surface area (Å²) in [6.45, 7) is 13.8. The smallest absolute Gasteiger partial charge is 0.0600 e. The maximum Gasteiger partial charge on any atom is 0.0600 e. The number of nitrogens with zero attached hydrogens (tertiary/aromatic N) is 1. The Hall–Kier alpha value is 0.400. The van der Waals surface area contributed by atoms with Crippen LogP contribution in [-0.4, -0.2) is 41.6 Å². The van der Waals surface area contributed by atoms with Crippen LogP contribution in [0.2, 0.25) is 0 Å². The van der Waals surface area contributed by atoms with E-state index in [0.29, 0.717) is 6.04 Å². The minimum Gasteiger partial charge on any atom is -0.375 e. The maximum absolute atomic E-state index is 5.74. The largest absolute Gasteiger partial charge is 0.375 e. The van der Waals surface area contributed by atoms with Crippen molar-refractivity contribution in [1.29, 1.82) is 0 Å². The Labute approximate surface area is 103 Å². The maximum atomic E-state index is 5.74. The van der Waals surface area contributed by atoms with E-state index in [2.05, 4.69) is 55.4 Å². The Bertz CT molecular complexity index is 154. The molecule has 0 amide bonds. The minimum absolute atomic E-state index is 0.0158. The SMILES string of the molecule is CC(C)N(CCCBr)CCOC(C)(C)C. The molecule has 0 bridgehead atoms. The molecule has 0 saturated heterocycles. The second-order valence-electron chi connectivity index (χ2n) is 5.13. The van der Waals surface area contributed by atoms with Gasteiger partial charge in [0.05, 0.1) is 12.2 Å². The van der Waals surface area contributed by atoms with E-state index in [0.717, 1.165) is 25.0 Å². The molecule has 0 saturated carbocycles. The molecule has 0 unspecified atom stereocenters. The van der Waals surface area contributed by atoms with Crippen molar-refractivity contribution in [3.63, 3.8) is 0 Å². The van der Waals surface area contributed by atoms with Gasteiger partial charge < -0.3 is 4.74 Å². The highest BCUT2D eigenvalue weighted by atomic mass is 79.9. The Morgan fingerprint density at radius 2 is 1.80 bits per heavy atom.